The van der Waals surface area contributed by atoms with Crippen molar-refractivity contribution in [2.45, 2.75) is 26.7 Å². The number of hydrogen-bond acceptors (Lipinski definition) is 2. The quantitative estimate of drug-likeness (QED) is 0.701. The second kappa shape index (κ2) is 5.15. The van der Waals surface area contributed by atoms with Gasteiger partial charge in [-0.05, 0) is 39.8 Å². The van der Waals surface area contributed by atoms with Crippen LogP contribution in [0.5, 0.6) is 0 Å². The third kappa shape index (κ3) is 3.50. The zero-order valence-corrected chi connectivity index (χ0v) is 8.99. The van der Waals surface area contributed by atoms with Crippen LogP contribution in [0.3, 0.4) is 0 Å². The zero-order valence-electron chi connectivity index (χ0n) is 8.99. The van der Waals surface area contributed by atoms with Crippen LogP contribution in [0.2, 0.25) is 0 Å². The van der Waals surface area contributed by atoms with Gasteiger partial charge < -0.3 is 5.11 Å². The highest BCUT2D eigenvalue weighted by Crippen LogP contribution is 2.16. The van der Waals surface area contributed by atoms with E-state index in [9.17, 15) is 4.79 Å². The van der Waals surface area contributed by atoms with Crippen LogP contribution in [-0.2, 0) is 4.79 Å². The average molecular weight is 197 g/mol. The molecule has 0 aromatic carbocycles. The van der Waals surface area contributed by atoms with E-state index < -0.39 is 5.97 Å². The molecule has 0 amide bonds. The SMILES string of the molecule is CC(C)=CCN1CCC(C(=O)O)CC1. The van der Waals surface area contributed by atoms with E-state index in [0.29, 0.717) is 0 Å². The molecule has 1 heterocycles. The van der Waals surface area contributed by atoms with Gasteiger partial charge in [0, 0.05) is 6.54 Å². The van der Waals surface area contributed by atoms with Crippen LogP contribution in [0.15, 0.2) is 11.6 Å². The lowest BCUT2D eigenvalue weighted by atomic mass is 9.97. The molecule has 14 heavy (non-hydrogen) atoms. The molecule has 0 radical (unpaired) electrons. The van der Waals surface area contributed by atoms with Crippen molar-refractivity contribution in [3.63, 3.8) is 0 Å². The number of carbonyl (C=O) groups is 1. The van der Waals surface area contributed by atoms with Crippen LogP contribution >= 0.6 is 0 Å². The number of allylic oxidation sites excluding steroid dienone is 1. The molecule has 1 rings (SSSR count). The largest absolute Gasteiger partial charge is 0.481 e. The minimum atomic E-state index is -0.633. The lowest BCUT2D eigenvalue weighted by molar-refractivity contribution is -0.143. The summed E-state index contributed by atoms with van der Waals surface area (Å²) in [6.07, 6.45) is 3.79. The molecule has 3 nitrogen and oxygen atoms in total. The Morgan fingerprint density at radius 2 is 2.00 bits per heavy atom. The molecule has 0 aromatic rings. The molecule has 1 fully saturated rings. The molecule has 0 unspecified atom stereocenters. The third-order valence-corrected chi connectivity index (χ3v) is 2.69. The van der Waals surface area contributed by atoms with Crippen molar-refractivity contribution in [2.24, 2.45) is 5.92 Å². The van der Waals surface area contributed by atoms with Gasteiger partial charge >= 0.3 is 5.97 Å². The normalized spacial score (nSPS) is 19.3. The Bertz CT molecular complexity index is 223. The number of likely N-dealkylation sites (tertiary alicyclic amines) is 1. The van der Waals surface area contributed by atoms with Crippen LogP contribution in [-0.4, -0.2) is 35.6 Å². The Balaban J connectivity index is 2.29. The molecule has 0 aliphatic carbocycles. The summed E-state index contributed by atoms with van der Waals surface area (Å²) in [6, 6.07) is 0. The summed E-state index contributed by atoms with van der Waals surface area (Å²) in [4.78, 5) is 13.0. The van der Waals surface area contributed by atoms with Gasteiger partial charge in [0.15, 0.2) is 0 Å². The average Bonchev–Trinajstić information content (AvgIpc) is 2.15. The van der Waals surface area contributed by atoms with Gasteiger partial charge in [-0.25, -0.2) is 0 Å². The van der Waals surface area contributed by atoms with Gasteiger partial charge in [-0.1, -0.05) is 11.6 Å². The summed E-state index contributed by atoms with van der Waals surface area (Å²) in [5, 5.41) is 8.81. The molecule has 3 heteroatoms. The predicted molar refractivity (Wildman–Crippen MR) is 56.2 cm³/mol. The summed E-state index contributed by atoms with van der Waals surface area (Å²) < 4.78 is 0. The van der Waals surface area contributed by atoms with Gasteiger partial charge in [0.25, 0.3) is 0 Å². The van der Waals surface area contributed by atoms with Crippen LogP contribution in [0.25, 0.3) is 0 Å². The number of piperidine rings is 1. The molecular weight excluding hydrogens is 178 g/mol. The van der Waals surface area contributed by atoms with E-state index in [2.05, 4.69) is 24.8 Å². The molecule has 1 saturated heterocycles. The Kier molecular flexibility index (Phi) is 4.14. The molecule has 1 aliphatic heterocycles. The van der Waals surface area contributed by atoms with E-state index >= 15 is 0 Å². The second-order valence-electron chi connectivity index (χ2n) is 4.19. The maximum absolute atomic E-state index is 10.7. The van der Waals surface area contributed by atoms with E-state index in [1.54, 1.807) is 0 Å². The van der Waals surface area contributed by atoms with E-state index in [1.165, 1.54) is 5.57 Å². The maximum atomic E-state index is 10.7. The molecule has 80 valence electrons. The van der Waals surface area contributed by atoms with Gasteiger partial charge in [-0.2, -0.15) is 0 Å². The van der Waals surface area contributed by atoms with Gasteiger partial charge in [-0.15, -0.1) is 0 Å². The van der Waals surface area contributed by atoms with Crippen molar-refractivity contribution in [1.82, 2.24) is 4.90 Å². The van der Waals surface area contributed by atoms with Crippen molar-refractivity contribution in [3.05, 3.63) is 11.6 Å². The molecule has 0 atom stereocenters. The predicted octanol–water partition coefficient (Wildman–Crippen LogP) is 1.75. The van der Waals surface area contributed by atoms with Gasteiger partial charge in [0.05, 0.1) is 5.92 Å². The van der Waals surface area contributed by atoms with E-state index in [1.807, 2.05) is 0 Å². The first-order valence-corrected chi connectivity index (χ1v) is 5.18. The fourth-order valence-electron chi connectivity index (χ4n) is 1.67. The van der Waals surface area contributed by atoms with Crippen molar-refractivity contribution in [1.29, 1.82) is 0 Å². The standard InChI is InChI=1S/C11H19NO2/c1-9(2)3-6-12-7-4-10(5-8-12)11(13)14/h3,10H,4-8H2,1-2H3,(H,13,14). The van der Waals surface area contributed by atoms with Crippen molar-refractivity contribution in [2.75, 3.05) is 19.6 Å². The molecule has 0 spiro atoms. The number of aliphatic carboxylic acids is 1. The number of nitrogens with zero attached hydrogens (tertiary/aromatic N) is 1. The fourth-order valence-corrected chi connectivity index (χ4v) is 1.67. The van der Waals surface area contributed by atoms with Gasteiger partial charge in [0.2, 0.25) is 0 Å². The zero-order chi connectivity index (χ0) is 10.6. The lowest BCUT2D eigenvalue weighted by Gasteiger charge is -2.29. The van der Waals surface area contributed by atoms with Crippen LogP contribution in [0.4, 0.5) is 0 Å². The second-order valence-corrected chi connectivity index (χ2v) is 4.19. The molecular formula is C11H19NO2. The first-order valence-electron chi connectivity index (χ1n) is 5.18. The minimum Gasteiger partial charge on any atom is -0.481 e. The first-order chi connectivity index (χ1) is 6.59. The minimum absolute atomic E-state index is 0.113. The van der Waals surface area contributed by atoms with E-state index in [4.69, 9.17) is 5.11 Å². The van der Waals surface area contributed by atoms with Crippen LogP contribution in [0.1, 0.15) is 26.7 Å². The first kappa shape index (κ1) is 11.2. The summed E-state index contributed by atoms with van der Waals surface area (Å²) >= 11 is 0. The number of rotatable bonds is 3. The highest BCUT2D eigenvalue weighted by atomic mass is 16.4. The number of carboxylic acids is 1. The van der Waals surface area contributed by atoms with Gasteiger partial charge in [0.1, 0.15) is 0 Å². The number of hydrogen-bond donors (Lipinski definition) is 1. The summed E-state index contributed by atoms with van der Waals surface area (Å²) in [7, 11) is 0. The van der Waals surface area contributed by atoms with Crippen LogP contribution < -0.4 is 0 Å². The smallest absolute Gasteiger partial charge is 0.306 e. The highest BCUT2D eigenvalue weighted by Gasteiger charge is 2.23. The fraction of sp³-hybridized carbons (Fsp3) is 0.727. The molecule has 0 bridgehead atoms. The molecule has 0 aromatic heterocycles. The molecule has 1 aliphatic rings. The van der Waals surface area contributed by atoms with Crippen LogP contribution in [0, 0.1) is 5.92 Å². The number of carboxylic acid groups (broad SMARTS) is 1. The lowest BCUT2D eigenvalue weighted by Crippen LogP contribution is -2.36. The van der Waals surface area contributed by atoms with Crippen molar-refractivity contribution < 1.29 is 9.90 Å². The maximum Gasteiger partial charge on any atom is 0.306 e. The Morgan fingerprint density at radius 1 is 1.43 bits per heavy atom. The Hall–Kier alpha value is -0.830. The molecule has 0 saturated carbocycles. The van der Waals surface area contributed by atoms with E-state index in [-0.39, 0.29) is 5.92 Å². The van der Waals surface area contributed by atoms with Crippen molar-refractivity contribution >= 4 is 5.97 Å². The monoisotopic (exact) mass is 197 g/mol. The van der Waals surface area contributed by atoms with Crippen molar-refractivity contribution in [3.8, 4) is 0 Å². The Morgan fingerprint density at radius 3 is 2.43 bits per heavy atom. The Labute approximate surface area is 85.4 Å². The molecule has 1 N–H and O–H groups in total. The van der Waals surface area contributed by atoms with E-state index in [0.717, 1.165) is 32.5 Å². The topological polar surface area (TPSA) is 40.5 Å². The van der Waals surface area contributed by atoms with Gasteiger partial charge in [-0.3, -0.25) is 9.69 Å². The summed E-state index contributed by atoms with van der Waals surface area (Å²) in [5.41, 5.74) is 1.32. The highest BCUT2D eigenvalue weighted by molar-refractivity contribution is 5.70. The summed E-state index contributed by atoms with van der Waals surface area (Å²) in [6.45, 7) is 6.98. The third-order valence-electron chi connectivity index (χ3n) is 2.69. The summed E-state index contributed by atoms with van der Waals surface area (Å²) in [5.74, 6) is -0.746.